The zero-order valence-electron chi connectivity index (χ0n) is 21.7. The van der Waals surface area contributed by atoms with Gasteiger partial charge in [-0.25, -0.2) is 14.8 Å². The first-order valence-corrected chi connectivity index (χ1v) is 12.6. The number of carbonyl (C=O) groups is 1. The van der Waals surface area contributed by atoms with Crippen LogP contribution in [0.3, 0.4) is 0 Å². The van der Waals surface area contributed by atoms with E-state index < -0.39 is 5.60 Å². The third-order valence-corrected chi connectivity index (χ3v) is 5.73. The van der Waals surface area contributed by atoms with Gasteiger partial charge in [0.2, 0.25) is 0 Å². The van der Waals surface area contributed by atoms with Crippen LogP contribution in [0.2, 0.25) is 0 Å². The van der Waals surface area contributed by atoms with Gasteiger partial charge >= 0.3 is 6.09 Å². The minimum atomic E-state index is -0.586. The predicted molar refractivity (Wildman–Crippen MR) is 150 cm³/mol. The second-order valence-corrected chi connectivity index (χ2v) is 9.90. The van der Waals surface area contributed by atoms with Gasteiger partial charge in [-0.05, 0) is 56.9 Å². The van der Waals surface area contributed by atoms with Gasteiger partial charge in [0, 0.05) is 23.9 Å². The summed E-state index contributed by atoms with van der Waals surface area (Å²) in [5.74, 6) is 0.793. The molecule has 0 aliphatic carbocycles. The molecular formula is C31H34N4O2. The molecule has 0 radical (unpaired) electrons. The Kier molecular flexibility index (Phi) is 8.52. The van der Waals surface area contributed by atoms with Crippen molar-refractivity contribution in [2.24, 2.45) is 0 Å². The van der Waals surface area contributed by atoms with Crippen molar-refractivity contribution in [3.8, 4) is 11.3 Å². The number of hydrogen-bond acceptors (Lipinski definition) is 5. The molecule has 3 aromatic carbocycles. The molecule has 190 valence electrons. The highest BCUT2D eigenvalue weighted by atomic mass is 16.6. The van der Waals surface area contributed by atoms with Crippen LogP contribution >= 0.6 is 0 Å². The molecule has 0 saturated heterocycles. The fraction of sp³-hybridized carbons (Fsp3) is 0.258. The van der Waals surface area contributed by atoms with Gasteiger partial charge in [0.05, 0.1) is 12.2 Å². The normalized spacial score (nSPS) is 11.1. The van der Waals surface area contributed by atoms with Crippen LogP contribution in [0.1, 0.15) is 38.3 Å². The van der Waals surface area contributed by atoms with E-state index in [0.29, 0.717) is 6.54 Å². The Bertz CT molecular complexity index is 1270. The van der Waals surface area contributed by atoms with Crippen LogP contribution in [-0.2, 0) is 17.7 Å². The summed E-state index contributed by atoms with van der Waals surface area (Å²) < 4.78 is 5.69. The van der Waals surface area contributed by atoms with Crippen LogP contribution in [0.5, 0.6) is 0 Å². The number of hydrogen-bond donors (Lipinski definition) is 1. The van der Waals surface area contributed by atoms with Gasteiger partial charge < -0.3 is 10.1 Å². The Hall–Kier alpha value is -4.19. The molecule has 0 unspecified atom stereocenters. The van der Waals surface area contributed by atoms with E-state index in [2.05, 4.69) is 39.6 Å². The summed E-state index contributed by atoms with van der Waals surface area (Å²) in [6.45, 7) is 6.86. The number of nitrogens with one attached hydrogen (secondary N) is 1. The second-order valence-electron chi connectivity index (χ2n) is 9.90. The number of carbonyl (C=O) groups excluding carboxylic acids is 1. The van der Waals surface area contributed by atoms with Crippen molar-refractivity contribution in [1.29, 1.82) is 0 Å². The lowest BCUT2D eigenvalue weighted by Gasteiger charge is -2.27. The number of nitrogens with zero attached hydrogens (tertiary/aromatic N) is 3. The van der Waals surface area contributed by atoms with Crippen molar-refractivity contribution in [3.05, 3.63) is 108 Å². The average Bonchev–Trinajstić information content (AvgIpc) is 2.90. The van der Waals surface area contributed by atoms with Crippen molar-refractivity contribution < 1.29 is 9.53 Å². The van der Waals surface area contributed by atoms with Gasteiger partial charge in [-0.3, -0.25) is 4.90 Å². The maximum absolute atomic E-state index is 13.1. The number of amides is 1. The van der Waals surface area contributed by atoms with Gasteiger partial charge in [0.25, 0.3) is 0 Å². The summed E-state index contributed by atoms with van der Waals surface area (Å²) in [7, 11) is 0. The van der Waals surface area contributed by atoms with Crippen molar-refractivity contribution >= 4 is 17.6 Å². The molecule has 6 nitrogen and oxygen atoms in total. The lowest BCUT2D eigenvalue weighted by molar-refractivity contribution is 0.0577. The van der Waals surface area contributed by atoms with Crippen LogP contribution in [0, 0.1) is 0 Å². The molecule has 0 atom stereocenters. The maximum Gasteiger partial charge on any atom is 0.415 e. The van der Waals surface area contributed by atoms with Crippen LogP contribution in [0.4, 0.5) is 16.3 Å². The minimum Gasteiger partial charge on any atom is -0.443 e. The van der Waals surface area contributed by atoms with Gasteiger partial charge in [0.1, 0.15) is 17.7 Å². The van der Waals surface area contributed by atoms with Crippen LogP contribution in [-0.4, -0.2) is 28.2 Å². The number of ether oxygens (including phenoxy) is 1. The van der Waals surface area contributed by atoms with E-state index in [0.717, 1.165) is 47.7 Å². The smallest absolute Gasteiger partial charge is 0.415 e. The Morgan fingerprint density at radius 3 is 2.16 bits per heavy atom. The molecule has 0 saturated carbocycles. The van der Waals surface area contributed by atoms with Crippen molar-refractivity contribution in [1.82, 2.24) is 9.97 Å². The van der Waals surface area contributed by atoms with Gasteiger partial charge in [-0.1, -0.05) is 72.8 Å². The van der Waals surface area contributed by atoms with E-state index in [1.54, 1.807) is 11.2 Å². The van der Waals surface area contributed by atoms with Crippen molar-refractivity contribution in [3.63, 3.8) is 0 Å². The summed E-state index contributed by atoms with van der Waals surface area (Å²) in [4.78, 5) is 23.5. The zero-order chi connectivity index (χ0) is 26.1. The quantitative estimate of drug-likeness (QED) is 0.251. The lowest BCUT2D eigenvalue weighted by Crippen LogP contribution is -2.36. The van der Waals surface area contributed by atoms with Crippen molar-refractivity contribution in [2.75, 3.05) is 16.8 Å². The van der Waals surface area contributed by atoms with Gasteiger partial charge in [-0.15, -0.1) is 0 Å². The Morgan fingerprint density at radius 2 is 1.51 bits per heavy atom. The monoisotopic (exact) mass is 494 g/mol. The fourth-order valence-electron chi connectivity index (χ4n) is 3.92. The summed E-state index contributed by atoms with van der Waals surface area (Å²) >= 11 is 0. The third-order valence-electron chi connectivity index (χ3n) is 5.73. The van der Waals surface area contributed by atoms with E-state index in [1.165, 1.54) is 5.56 Å². The molecule has 1 aromatic heterocycles. The predicted octanol–water partition coefficient (Wildman–Crippen LogP) is 7.13. The standard InChI is InChI=1S/C31H34N4O2/c1-31(2,3)37-30(36)35(22-25-13-8-5-9-14-25)27-18-16-26(17-19-27)28-21-29(34-23-33-28)32-20-10-15-24-11-6-4-7-12-24/h4-9,11-14,16-19,21,23H,10,15,20,22H2,1-3H3,(H,32,33,34). The zero-order valence-corrected chi connectivity index (χ0v) is 21.7. The third kappa shape index (κ3) is 7.90. The molecule has 4 aromatic rings. The molecule has 1 amide bonds. The average molecular weight is 495 g/mol. The Labute approximate surface area is 219 Å². The first kappa shape index (κ1) is 25.9. The van der Waals surface area contributed by atoms with E-state index in [-0.39, 0.29) is 6.09 Å². The molecular weight excluding hydrogens is 460 g/mol. The Balaban J connectivity index is 1.44. The molecule has 0 aliphatic heterocycles. The van der Waals surface area contributed by atoms with E-state index in [4.69, 9.17) is 4.74 Å². The molecule has 0 spiro atoms. The minimum absolute atomic E-state index is 0.381. The van der Waals surface area contributed by atoms with E-state index >= 15 is 0 Å². The first-order chi connectivity index (χ1) is 17.9. The van der Waals surface area contributed by atoms with Crippen LogP contribution < -0.4 is 10.2 Å². The molecule has 6 heteroatoms. The summed E-state index contributed by atoms with van der Waals surface area (Å²) in [6.07, 6.45) is 3.23. The highest BCUT2D eigenvalue weighted by Gasteiger charge is 2.23. The molecule has 0 bridgehead atoms. The van der Waals surface area contributed by atoms with E-state index in [1.807, 2.05) is 87.5 Å². The van der Waals surface area contributed by atoms with Gasteiger partial charge in [0.15, 0.2) is 0 Å². The second kappa shape index (κ2) is 12.2. The Morgan fingerprint density at radius 1 is 0.865 bits per heavy atom. The fourth-order valence-corrected chi connectivity index (χ4v) is 3.92. The molecule has 0 fully saturated rings. The SMILES string of the molecule is CC(C)(C)OC(=O)N(Cc1ccccc1)c1ccc(-c2cc(NCCCc3ccccc3)ncn2)cc1. The van der Waals surface area contributed by atoms with Crippen molar-refractivity contribution in [2.45, 2.75) is 45.8 Å². The van der Waals surface area contributed by atoms with Gasteiger partial charge in [-0.2, -0.15) is 0 Å². The molecule has 1 heterocycles. The summed E-state index contributed by atoms with van der Waals surface area (Å²) in [5.41, 5.74) is 4.30. The van der Waals surface area contributed by atoms with Crippen LogP contribution in [0.25, 0.3) is 11.3 Å². The number of benzene rings is 3. The first-order valence-electron chi connectivity index (χ1n) is 12.6. The topological polar surface area (TPSA) is 67.3 Å². The molecule has 37 heavy (non-hydrogen) atoms. The summed E-state index contributed by atoms with van der Waals surface area (Å²) in [5, 5.41) is 3.40. The highest BCUT2D eigenvalue weighted by molar-refractivity contribution is 5.88. The van der Waals surface area contributed by atoms with Crippen LogP contribution in [0.15, 0.2) is 97.3 Å². The molecule has 0 aliphatic rings. The largest absolute Gasteiger partial charge is 0.443 e. The number of rotatable bonds is 9. The lowest BCUT2D eigenvalue weighted by atomic mass is 10.1. The number of aryl methyl sites for hydroxylation is 1. The maximum atomic E-state index is 13.1. The molecule has 1 N–H and O–H groups in total. The molecule has 4 rings (SSSR count). The number of aromatic nitrogens is 2. The summed E-state index contributed by atoms with van der Waals surface area (Å²) in [6, 6.07) is 30.1. The number of anilines is 2. The van der Waals surface area contributed by atoms with E-state index in [9.17, 15) is 4.79 Å². The highest BCUT2D eigenvalue weighted by Crippen LogP contribution is 2.26.